The highest BCUT2D eigenvalue weighted by Crippen LogP contribution is 2.31. The van der Waals surface area contributed by atoms with Crippen LogP contribution in [-0.2, 0) is 11.3 Å². The third-order valence-electron chi connectivity index (χ3n) is 2.82. The number of rotatable bonds is 2. The SMILES string of the molecule is NCc1nc(-c2ccc3c(c2)NC(=O)CCO3)n[nH]1. The number of ether oxygens (including phenoxy) is 1. The van der Waals surface area contributed by atoms with Crippen LogP contribution < -0.4 is 15.8 Å². The molecule has 1 amide bonds. The number of hydrogen-bond donors (Lipinski definition) is 3. The molecule has 1 aliphatic heterocycles. The number of anilines is 1. The fourth-order valence-corrected chi connectivity index (χ4v) is 1.87. The highest BCUT2D eigenvalue weighted by Gasteiger charge is 2.15. The van der Waals surface area contributed by atoms with E-state index in [9.17, 15) is 4.79 Å². The van der Waals surface area contributed by atoms with Crippen molar-refractivity contribution in [3.63, 3.8) is 0 Å². The molecular formula is C12H13N5O2. The zero-order valence-electron chi connectivity index (χ0n) is 10.1. The summed E-state index contributed by atoms with van der Waals surface area (Å²) in [6, 6.07) is 5.44. The molecule has 19 heavy (non-hydrogen) atoms. The molecule has 0 radical (unpaired) electrons. The van der Waals surface area contributed by atoms with Crippen molar-refractivity contribution in [3.8, 4) is 17.1 Å². The summed E-state index contributed by atoms with van der Waals surface area (Å²) in [5.74, 6) is 1.75. The molecule has 2 aromatic rings. The largest absolute Gasteiger partial charge is 0.491 e. The van der Waals surface area contributed by atoms with Crippen LogP contribution in [0.3, 0.4) is 0 Å². The first kappa shape index (κ1) is 11.7. The standard InChI is InChI=1S/C12H13N5O2/c13-6-10-15-12(17-16-10)7-1-2-9-8(5-7)14-11(18)3-4-19-9/h1-2,5H,3-4,6,13H2,(H,14,18)(H,15,16,17). The van der Waals surface area contributed by atoms with E-state index in [0.29, 0.717) is 42.7 Å². The van der Waals surface area contributed by atoms with Crippen molar-refractivity contribution < 1.29 is 9.53 Å². The lowest BCUT2D eigenvalue weighted by Crippen LogP contribution is -2.10. The van der Waals surface area contributed by atoms with Crippen molar-refractivity contribution in [2.24, 2.45) is 5.73 Å². The molecule has 0 saturated carbocycles. The van der Waals surface area contributed by atoms with Crippen LogP contribution in [0.5, 0.6) is 5.75 Å². The fraction of sp³-hybridized carbons (Fsp3) is 0.250. The molecule has 98 valence electrons. The molecule has 4 N–H and O–H groups in total. The summed E-state index contributed by atoms with van der Waals surface area (Å²) in [5, 5.41) is 9.63. The van der Waals surface area contributed by atoms with Gasteiger partial charge in [0.1, 0.15) is 11.6 Å². The van der Waals surface area contributed by atoms with Crippen LogP contribution in [0, 0.1) is 0 Å². The van der Waals surface area contributed by atoms with Crippen molar-refractivity contribution in [1.29, 1.82) is 0 Å². The van der Waals surface area contributed by atoms with Crippen molar-refractivity contribution in [2.45, 2.75) is 13.0 Å². The number of nitrogens with zero attached hydrogens (tertiary/aromatic N) is 2. The number of hydrogen-bond acceptors (Lipinski definition) is 5. The highest BCUT2D eigenvalue weighted by molar-refractivity contribution is 5.93. The zero-order chi connectivity index (χ0) is 13.2. The average Bonchev–Trinajstić information content (AvgIpc) is 2.81. The lowest BCUT2D eigenvalue weighted by atomic mass is 10.1. The van der Waals surface area contributed by atoms with Gasteiger partial charge in [-0.1, -0.05) is 0 Å². The summed E-state index contributed by atoms with van der Waals surface area (Å²) in [6.45, 7) is 0.688. The Bertz CT molecular complexity index is 622. The number of nitrogens with two attached hydrogens (primary N) is 1. The highest BCUT2D eigenvalue weighted by atomic mass is 16.5. The number of fused-ring (bicyclic) bond motifs is 1. The van der Waals surface area contributed by atoms with Gasteiger partial charge in [0, 0.05) is 5.56 Å². The van der Waals surface area contributed by atoms with Gasteiger partial charge in [-0.3, -0.25) is 9.89 Å². The quantitative estimate of drug-likeness (QED) is 0.734. The van der Waals surface area contributed by atoms with E-state index in [2.05, 4.69) is 20.5 Å². The molecule has 0 atom stereocenters. The van der Waals surface area contributed by atoms with E-state index in [1.807, 2.05) is 6.07 Å². The van der Waals surface area contributed by atoms with E-state index >= 15 is 0 Å². The van der Waals surface area contributed by atoms with Gasteiger partial charge in [-0.25, -0.2) is 4.98 Å². The third-order valence-corrected chi connectivity index (χ3v) is 2.82. The molecule has 7 nitrogen and oxygen atoms in total. The summed E-state index contributed by atoms with van der Waals surface area (Å²) in [7, 11) is 0. The van der Waals surface area contributed by atoms with Crippen LogP contribution in [-0.4, -0.2) is 27.7 Å². The Kier molecular flexibility index (Phi) is 2.88. The number of aromatic nitrogens is 3. The third kappa shape index (κ3) is 2.27. The maximum absolute atomic E-state index is 11.5. The second-order valence-electron chi connectivity index (χ2n) is 4.17. The Morgan fingerprint density at radius 2 is 2.32 bits per heavy atom. The Labute approximate surface area is 109 Å². The van der Waals surface area contributed by atoms with E-state index in [1.165, 1.54) is 0 Å². The lowest BCUT2D eigenvalue weighted by Gasteiger charge is -2.07. The van der Waals surface area contributed by atoms with E-state index in [4.69, 9.17) is 10.5 Å². The summed E-state index contributed by atoms with van der Waals surface area (Å²) in [6.07, 6.45) is 0.349. The Hall–Kier alpha value is -2.41. The van der Waals surface area contributed by atoms with E-state index in [-0.39, 0.29) is 5.91 Å². The number of aromatic amines is 1. The zero-order valence-corrected chi connectivity index (χ0v) is 10.1. The predicted molar refractivity (Wildman–Crippen MR) is 68.5 cm³/mol. The van der Waals surface area contributed by atoms with Crippen LogP contribution in [0.25, 0.3) is 11.4 Å². The molecule has 0 unspecified atom stereocenters. The summed E-state index contributed by atoms with van der Waals surface area (Å²) < 4.78 is 5.48. The number of nitrogens with one attached hydrogen (secondary N) is 2. The second kappa shape index (κ2) is 4.69. The van der Waals surface area contributed by atoms with Gasteiger partial charge in [0.15, 0.2) is 5.82 Å². The minimum absolute atomic E-state index is 0.0615. The van der Waals surface area contributed by atoms with Crippen LogP contribution in [0.2, 0.25) is 0 Å². The number of benzene rings is 1. The maximum atomic E-state index is 11.5. The van der Waals surface area contributed by atoms with Crippen LogP contribution in [0.4, 0.5) is 5.69 Å². The van der Waals surface area contributed by atoms with Gasteiger partial charge in [0.05, 0.1) is 25.3 Å². The van der Waals surface area contributed by atoms with Gasteiger partial charge >= 0.3 is 0 Å². The van der Waals surface area contributed by atoms with E-state index in [0.717, 1.165) is 5.56 Å². The Morgan fingerprint density at radius 1 is 1.42 bits per heavy atom. The molecule has 2 heterocycles. The summed E-state index contributed by atoms with van der Waals surface area (Å²) in [5.41, 5.74) is 6.91. The molecule has 1 aromatic heterocycles. The number of carbonyl (C=O) groups is 1. The normalized spacial score (nSPS) is 14.3. The van der Waals surface area contributed by atoms with Gasteiger partial charge in [-0.05, 0) is 18.2 Å². The first-order valence-electron chi connectivity index (χ1n) is 5.94. The monoisotopic (exact) mass is 259 g/mol. The van der Waals surface area contributed by atoms with Crippen molar-refractivity contribution in [1.82, 2.24) is 15.2 Å². The van der Waals surface area contributed by atoms with Crippen molar-refractivity contribution in [3.05, 3.63) is 24.0 Å². The number of H-pyrrole nitrogens is 1. The molecule has 0 spiro atoms. The summed E-state index contributed by atoms with van der Waals surface area (Å²) >= 11 is 0. The first-order valence-corrected chi connectivity index (χ1v) is 5.94. The average molecular weight is 259 g/mol. The number of amides is 1. The molecule has 1 aromatic carbocycles. The van der Waals surface area contributed by atoms with Crippen molar-refractivity contribution >= 4 is 11.6 Å². The van der Waals surface area contributed by atoms with Gasteiger partial charge in [0.2, 0.25) is 5.91 Å². The molecule has 7 heteroatoms. The van der Waals surface area contributed by atoms with Crippen LogP contribution in [0.1, 0.15) is 12.2 Å². The van der Waals surface area contributed by atoms with E-state index < -0.39 is 0 Å². The molecule has 0 fully saturated rings. The molecular weight excluding hydrogens is 246 g/mol. The smallest absolute Gasteiger partial charge is 0.227 e. The maximum Gasteiger partial charge on any atom is 0.227 e. The molecule has 0 saturated heterocycles. The first-order chi connectivity index (χ1) is 9.26. The molecule has 1 aliphatic rings. The molecule has 3 rings (SSSR count). The lowest BCUT2D eigenvalue weighted by molar-refractivity contribution is -0.116. The van der Waals surface area contributed by atoms with Crippen molar-refractivity contribution in [2.75, 3.05) is 11.9 Å². The Balaban J connectivity index is 1.98. The van der Waals surface area contributed by atoms with E-state index in [1.54, 1.807) is 12.1 Å². The minimum Gasteiger partial charge on any atom is -0.491 e. The fourth-order valence-electron chi connectivity index (χ4n) is 1.87. The van der Waals surface area contributed by atoms with Gasteiger partial charge < -0.3 is 15.8 Å². The van der Waals surface area contributed by atoms with Crippen LogP contribution in [0.15, 0.2) is 18.2 Å². The topological polar surface area (TPSA) is 106 Å². The predicted octanol–water partition coefficient (Wildman–Crippen LogP) is 0.651. The molecule has 0 aliphatic carbocycles. The summed E-state index contributed by atoms with van der Waals surface area (Å²) in [4.78, 5) is 15.7. The van der Waals surface area contributed by atoms with Gasteiger partial charge in [-0.2, -0.15) is 5.10 Å². The van der Waals surface area contributed by atoms with Gasteiger partial charge in [-0.15, -0.1) is 0 Å². The molecule has 0 bridgehead atoms. The Morgan fingerprint density at radius 3 is 3.11 bits per heavy atom. The van der Waals surface area contributed by atoms with Crippen LogP contribution >= 0.6 is 0 Å². The van der Waals surface area contributed by atoms with Gasteiger partial charge in [0.25, 0.3) is 0 Å². The second-order valence-corrected chi connectivity index (χ2v) is 4.17. The number of carbonyl (C=O) groups excluding carboxylic acids is 1. The minimum atomic E-state index is -0.0615.